The molecule has 0 aromatic carbocycles. The number of rotatable bonds is 4. The van der Waals surface area contributed by atoms with E-state index in [2.05, 4.69) is 49.8 Å². The van der Waals surface area contributed by atoms with E-state index in [1.54, 1.807) is 11.3 Å². The molecule has 1 aromatic heterocycles. The summed E-state index contributed by atoms with van der Waals surface area (Å²) in [6.07, 6.45) is 2.51. The summed E-state index contributed by atoms with van der Waals surface area (Å²) in [7, 11) is 0. The standard InChI is InChI=1S/C15H27N3S/c1-10(2)18-8-6-14(7-9-18)16-11(3)15-12(4)19-13(5)17-15/h10-11,14,16H,6-9H2,1-5H3. The highest BCUT2D eigenvalue weighted by Crippen LogP contribution is 2.24. The largest absolute Gasteiger partial charge is 0.306 e. The molecule has 0 bridgehead atoms. The Labute approximate surface area is 121 Å². The van der Waals surface area contributed by atoms with Crippen molar-refractivity contribution in [3.05, 3.63) is 15.6 Å². The maximum absolute atomic E-state index is 4.66. The van der Waals surface area contributed by atoms with Crippen LogP contribution < -0.4 is 5.32 Å². The number of hydrogen-bond acceptors (Lipinski definition) is 4. The molecule has 2 heterocycles. The van der Waals surface area contributed by atoms with Crippen LogP contribution in [0.4, 0.5) is 0 Å². The van der Waals surface area contributed by atoms with Gasteiger partial charge in [-0.1, -0.05) is 0 Å². The molecule has 19 heavy (non-hydrogen) atoms. The summed E-state index contributed by atoms with van der Waals surface area (Å²) in [5, 5.41) is 4.94. The molecule has 2 rings (SSSR count). The molecule has 4 heteroatoms. The zero-order valence-corrected chi connectivity index (χ0v) is 13.7. The second-order valence-electron chi connectivity index (χ2n) is 5.97. The van der Waals surface area contributed by atoms with Gasteiger partial charge in [0, 0.05) is 23.0 Å². The fourth-order valence-electron chi connectivity index (χ4n) is 2.96. The van der Waals surface area contributed by atoms with Crippen LogP contribution in [-0.4, -0.2) is 35.1 Å². The molecular formula is C15H27N3S. The van der Waals surface area contributed by atoms with Gasteiger partial charge in [0.15, 0.2) is 0 Å². The van der Waals surface area contributed by atoms with Gasteiger partial charge in [-0.15, -0.1) is 11.3 Å². The van der Waals surface area contributed by atoms with E-state index in [0.29, 0.717) is 18.1 Å². The first-order chi connectivity index (χ1) is 8.97. The van der Waals surface area contributed by atoms with E-state index in [0.717, 1.165) is 0 Å². The molecule has 0 aliphatic carbocycles. The Hall–Kier alpha value is -0.450. The first-order valence-corrected chi connectivity index (χ1v) is 8.23. The van der Waals surface area contributed by atoms with Gasteiger partial charge in [-0.3, -0.25) is 0 Å². The molecule has 0 radical (unpaired) electrons. The molecule has 3 nitrogen and oxygen atoms in total. The summed E-state index contributed by atoms with van der Waals surface area (Å²) < 4.78 is 0. The molecule has 0 saturated carbocycles. The predicted octanol–water partition coefficient (Wildman–Crippen LogP) is 3.28. The van der Waals surface area contributed by atoms with Crippen molar-refractivity contribution in [3.63, 3.8) is 0 Å². The van der Waals surface area contributed by atoms with E-state index in [1.807, 2.05) is 0 Å². The van der Waals surface area contributed by atoms with Crippen molar-refractivity contribution >= 4 is 11.3 Å². The van der Waals surface area contributed by atoms with E-state index in [4.69, 9.17) is 0 Å². The van der Waals surface area contributed by atoms with Gasteiger partial charge in [0.05, 0.1) is 10.7 Å². The zero-order chi connectivity index (χ0) is 14.0. The maximum Gasteiger partial charge on any atom is 0.0900 e. The fourth-order valence-corrected chi connectivity index (χ4v) is 3.88. The van der Waals surface area contributed by atoms with Crippen molar-refractivity contribution in [2.75, 3.05) is 13.1 Å². The Kier molecular flexibility index (Phi) is 4.98. The molecule has 1 fully saturated rings. The normalized spacial score (nSPS) is 20.1. The summed E-state index contributed by atoms with van der Waals surface area (Å²) >= 11 is 1.80. The SMILES string of the molecule is Cc1nc(C(C)NC2CCN(C(C)C)CC2)c(C)s1. The number of nitrogens with one attached hydrogen (secondary N) is 1. The lowest BCUT2D eigenvalue weighted by Gasteiger charge is -2.36. The number of thiazole rings is 1. The summed E-state index contributed by atoms with van der Waals surface area (Å²) in [5.41, 5.74) is 1.24. The Balaban J connectivity index is 1.87. The van der Waals surface area contributed by atoms with Crippen LogP contribution in [-0.2, 0) is 0 Å². The highest BCUT2D eigenvalue weighted by atomic mass is 32.1. The number of piperidine rings is 1. The van der Waals surface area contributed by atoms with Crippen molar-refractivity contribution in [2.24, 2.45) is 0 Å². The average molecular weight is 281 g/mol. The highest BCUT2D eigenvalue weighted by Gasteiger charge is 2.23. The summed E-state index contributed by atoms with van der Waals surface area (Å²) in [6, 6.07) is 1.70. The lowest BCUT2D eigenvalue weighted by Crippen LogP contribution is -2.45. The van der Waals surface area contributed by atoms with Gasteiger partial charge >= 0.3 is 0 Å². The second kappa shape index (κ2) is 6.33. The molecule has 0 amide bonds. The van der Waals surface area contributed by atoms with Gasteiger partial charge in [-0.05, 0) is 60.5 Å². The monoisotopic (exact) mass is 281 g/mol. The summed E-state index contributed by atoms with van der Waals surface area (Å²) in [6.45, 7) is 13.5. The molecular weight excluding hydrogens is 254 g/mol. The van der Waals surface area contributed by atoms with Crippen molar-refractivity contribution in [3.8, 4) is 0 Å². The smallest absolute Gasteiger partial charge is 0.0900 e. The molecule has 108 valence electrons. The van der Waals surface area contributed by atoms with Crippen molar-refractivity contribution in [1.82, 2.24) is 15.2 Å². The molecule has 1 aliphatic heterocycles. The van der Waals surface area contributed by atoms with Gasteiger partial charge in [0.25, 0.3) is 0 Å². The highest BCUT2D eigenvalue weighted by molar-refractivity contribution is 7.11. The summed E-state index contributed by atoms with van der Waals surface area (Å²) in [4.78, 5) is 8.59. The van der Waals surface area contributed by atoms with Crippen LogP contribution >= 0.6 is 11.3 Å². The van der Waals surface area contributed by atoms with Gasteiger partial charge in [0.1, 0.15) is 0 Å². The van der Waals surface area contributed by atoms with Gasteiger partial charge in [-0.25, -0.2) is 4.98 Å². The number of aromatic nitrogens is 1. The van der Waals surface area contributed by atoms with Crippen molar-refractivity contribution < 1.29 is 0 Å². The van der Waals surface area contributed by atoms with Crippen molar-refractivity contribution in [1.29, 1.82) is 0 Å². The number of nitrogens with zero attached hydrogens (tertiary/aromatic N) is 2. The lowest BCUT2D eigenvalue weighted by molar-refractivity contribution is 0.157. The molecule has 1 atom stereocenters. The van der Waals surface area contributed by atoms with Crippen LogP contribution in [0.1, 0.15) is 55.2 Å². The van der Waals surface area contributed by atoms with Crippen LogP contribution in [0.5, 0.6) is 0 Å². The molecule has 1 unspecified atom stereocenters. The Bertz CT molecular complexity index is 406. The molecule has 1 aliphatic rings. The van der Waals surface area contributed by atoms with E-state index in [9.17, 15) is 0 Å². The molecule has 1 N–H and O–H groups in total. The molecule has 1 saturated heterocycles. The third kappa shape index (κ3) is 3.77. The first kappa shape index (κ1) is 14.9. The van der Waals surface area contributed by atoms with Gasteiger partial charge in [-0.2, -0.15) is 0 Å². The topological polar surface area (TPSA) is 28.2 Å². The number of hydrogen-bond donors (Lipinski definition) is 1. The van der Waals surface area contributed by atoms with Gasteiger partial charge < -0.3 is 10.2 Å². The minimum atomic E-state index is 0.376. The molecule has 0 spiro atoms. The van der Waals surface area contributed by atoms with Gasteiger partial charge in [0.2, 0.25) is 0 Å². The minimum Gasteiger partial charge on any atom is -0.306 e. The average Bonchev–Trinajstić information content (AvgIpc) is 2.69. The van der Waals surface area contributed by atoms with E-state index < -0.39 is 0 Å². The fraction of sp³-hybridized carbons (Fsp3) is 0.800. The van der Waals surface area contributed by atoms with Crippen LogP contribution in [0.25, 0.3) is 0 Å². The number of aryl methyl sites for hydroxylation is 2. The molecule has 1 aromatic rings. The quantitative estimate of drug-likeness (QED) is 0.918. The van der Waals surface area contributed by atoms with E-state index in [-0.39, 0.29) is 0 Å². The van der Waals surface area contributed by atoms with E-state index in [1.165, 1.54) is 41.5 Å². The predicted molar refractivity (Wildman–Crippen MR) is 82.9 cm³/mol. The second-order valence-corrected chi connectivity index (χ2v) is 7.37. The first-order valence-electron chi connectivity index (χ1n) is 7.41. The maximum atomic E-state index is 4.66. The van der Waals surface area contributed by atoms with Crippen LogP contribution in [0, 0.1) is 13.8 Å². The van der Waals surface area contributed by atoms with Crippen molar-refractivity contribution in [2.45, 2.75) is 65.6 Å². The Morgan fingerprint density at radius 3 is 2.32 bits per heavy atom. The third-order valence-corrected chi connectivity index (χ3v) is 5.00. The van der Waals surface area contributed by atoms with Crippen LogP contribution in [0.2, 0.25) is 0 Å². The lowest BCUT2D eigenvalue weighted by atomic mass is 10.0. The summed E-state index contributed by atoms with van der Waals surface area (Å²) in [5.74, 6) is 0. The number of likely N-dealkylation sites (tertiary alicyclic amines) is 1. The Morgan fingerprint density at radius 1 is 1.21 bits per heavy atom. The Morgan fingerprint density at radius 2 is 1.84 bits per heavy atom. The third-order valence-electron chi connectivity index (χ3n) is 4.10. The zero-order valence-electron chi connectivity index (χ0n) is 12.9. The van der Waals surface area contributed by atoms with Crippen LogP contribution in [0.15, 0.2) is 0 Å². The van der Waals surface area contributed by atoms with Crippen LogP contribution in [0.3, 0.4) is 0 Å². The van der Waals surface area contributed by atoms with E-state index >= 15 is 0 Å². The minimum absolute atomic E-state index is 0.376.